The molecule has 3 heteroatoms. The smallest absolute Gasteiger partial charge is 0.0597 e. The van der Waals surface area contributed by atoms with E-state index in [1.54, 1.807) is 0 Å². The molecule has 2 aliphatic carbocycles. The molecule has 1 aromatic rings. The third-order valence-corrected chi connectivity index (χ3v) is 6.04. The average Bonchev–Trinajstić information content (AvgIpc) is 2.97. The van der Waals surface area contributed by atoms with E-state index >= 15 is 0 Å². The molecule has 1 N–H and O–H groups in total. The van der Waals surface area contributed by atoms with Crippen LogP contribution < -0.4 is 5.32 Å². The SMILES string of the molecule is CCn1nc(C)cc1CNC1C2(C)CCC(C2)C1(C)C. The van der Waals surface area contributed by atoms with Crippen LogP contribution in [0.3, 0.4) is 0 Å². The summed E-state index contributed by atoms with van der Waals surface area (Å²) in [6.07, 6.45) is 4.22. The predicted molar refractivity (Wildman–Crippen MR) is 82.5 cm³/mol. The molecule has 3 nitrogen and oxygen atoms in total. The second-order valence-electron chi connectivity index (χ2n) is 7.82. The van der Waals surface area contributed by atoms with E-state index < -0.39 is 0 Å². The Hall–Kier alpha value is -0.830. The highest BCUT2D eigenvalue weighted by atomic mass is 15.3. The summed E-state index contributed by atoms with van der Waals surface area (Å²) in [6, 6.07) is 2.85. The molecule has 20 heavy (non-hydrogen) atoms. The average molecular weight is 275 g/mol. The van der Waals surface area contributed by atoms with Gasteiger partial charge >= 0.3 is 0 Å². The topological polar surface area (TPSA) is 29.9 Å². The van der Waals surface area contributed by atoms with Gasteiger partial charge in [-0.05, 0) is 55.9 Å². The fourth-order valence-electron chi connectivity index (χ4n) is 5.03. The summed E-state index contributed by atoms with van der Waals surface area (Å²) in [4.78, 5) is 0. The first-order valence-electron chi connectivity index (χ1n) is 8.13. The van der Waals surface area contributed by atoms with Crippen molar-refractivity contribution >= 4 is 0 Å². The van der Waals surface area contributed by atoms with Gasteiger partial charge in [0.15, 0.2) is 0 Å². The number of aryl methyl sites for hydroxylation is 2. The lowest BCUT2D eigenvalue weighted by atomic mass is 9.68. The highest BCUT2D eigenvalue weighted by Crippen LogP contribution is 2.62. The van der Waals surface area contributed by atoms with Crippen LogP contribution in [-0.4, -0.2) is 15.8 Å². The monoisotopic (exact) mass is 275 g/mol. The maximum Gasteiger partial charge on any atom is 0.0597 e. The van der Waals surface area contributed by atoms with E-state index in [-0.39, 0.29) is 0 Å². The minimum absolute atomic E-state index is 0.430. The van der Waals surface area contributed by atoms with Gasteiger partial charge in [0, 0.05) is 19.1 Å². The van der Waals surface area contributed by atoms with Crippen molar-refractivity contribution in [1.29, 1.82) is 0 Å². The summed E-state index contributed by atoms with van der Waals surface area (Å²) < 4.78 is 2.13. The predicted octanol–water partition coefficient (Wildman–Crippen LogP) is 3.52. The fourth-order valence-corrected chi connectivity index (χ4v) is 5.03. The standard InChI is InChI=1S/C17H29N3/c1-6-20-14(9-12(2)19-20)11-18-15-16(3,4)13-7-8-17(15,5)10-13/h9,13,15,18H,6-8,10-11H2,1-5H3. The van der Waals surface area contributed by atoms with Crippen molar-refractivity contribution in [1.82, 2.24) is 15.1 Å². The van der Waals surface area contributed by atoms with Crippen LogP contribution in [0.1, 0.15) is 58.3 Å². The van der Waals surface area contributed by atoms with Crippen LogP contribution >= 0.6 is 0 Å². The van der Waals surface area contributed by atoms with Gasteiger partial charge in [0.2, 0.25) is 0 Å². The minimum atomic E-state index is 0.430. The molecule has 2 saturated carbocycles. The molecule has 1 heterocycles. The zero-order valence-electron chi connectivity index (χ0n) is 13.7. The van der Waals surface area contributed by atoms with Crippen LogP contribution in [0.15, 0.2) is 6.07 Å². The van der Waals surface area contributed by atoms with Gasteiger partial charge in [0.05, 0.1) is 11.4 Å². The van der Waals surface area contributed by atoms with Crippen LogP contribution in [0.25, 0.3) is 0 Å². The molecule has 0 amide bonds. The fraction of sp³-hybridized carbons (Fsp3) is 0.824. The molecular weight excluding hydrogens is 246 g/mol. The van der Waals surface area contributed by atoms with Crippen LogP contribution in [0, 0.1) is 23.7 Å². The Balaban J connectivity index is 1.75. The summed E-state index contributed by atoms with van der Waals surface area (Å²) >= 11 is 0. The molecule has 0 aromatic carbocycles. The van der Waals surface area contributed by atoms with Crippen LogP contribution in [0.2, 0.25) is 0 Å². The lowest BCUT2D eigenvalue weighted by Crippen LogP contribution is -2.50. The summed E-state index contributed by atoms with van der Waals surface area (Å²) in [6.45, 7) is 13.6. The van der Waals surface area contributed by atoms with Crippen molar-refractivity contribution in [2.45, 2.75) is 73.0 Å². The van der Waals surface area contributed by atoms with Gasteiger partial charge in [0.25, 0.3) is 0 Å². The Labute approximate surface area is 123 Å². The molecule has 3 rings (SSSR count). The first-order valence-corrected chi connectivity index (χ1v) is 8.13. The second-order valence-corrected chi connectivity index (χ2v) is 7.82. The molecule has 0 saturated heterocycles. The maximum absolute atomic E-state index is 4.55. The summed E-state index contributed by atoms with van der Waals surface area (Å²) in [5, 5.41) is 8.44. The molecule has 1 aromatic heterocycles. The normalized spacial score (nSPS) is 34.9. The molecular formula is C17H29N3. The zero-order chi connectivity index (χ0) is 14.5. The van der Waals surface area contributed by atoms with E-state index in [1.165, 1.54) is 25.0 Å². The van der Waals surface area contributed by atoms with Crippen molar-refractivity contribution in [2.75, 3.05) is 0 Å². The molecule has 2 fully saturated rings. The third-order valence-electron chi connectivity index (χ3n) is 6.04. The lowest BCUT2D eigenvalue weighted by molar-refractivity contribution is 0.107. The molecule has 2 bridgehead atoms. The van der Waals surface area contributed by atoms with Gasteiger partial charge in [-0.3, -0.25) is 4.68 Å². The van der Waals surface area contributed by atoms with Crippen LogP contribution in [-0.2, 0) is 13.1 Å². The van der Waals surface area contributed by atoms with Crippen molar-refractivity contribution in [3.8, 4) is 0 Å². The van der Waals surface area contributed by atoms with E-state index in [4.69, 9.17) is 0 Å². The Morgan fingerprint density at radius 1 is 1.40 bits per heavy atom. The molecule has 0 radical (unpaired) electrons. The Kier molecular flexibility index (Phi) is 3.24. The first kappa shape index (κ1) is 14.1. The zero-order valence-corrected chi connectivity index (χ0v) is 13.7. The van der Waals surface area contributed by atoms with Crippen molar-refractivity contribution in [3.63, 3.8) is 0 Å². The summed E-state index contributed by atoms with van der Waals surface area (Å²) in [7, 11) is 0. The Morgan fingerprint density at radius 2 is 2.15 bits per heavy atom. The van der Waals surface area contributed by atoms with Gasteiger partial charge in [-0.15, -0.1) is 0 Å². The van der Waals surface area contributed by atoms with E-state index in [9.17, 15) is 0 Å². The number of rotatable bonds is 4. The van der Waals surface area contributed by atoms with Crippen molar-refractivity contribution in [2.24, 2.45) is 16.7 Å². The number of hydrogen-bond acceptors (Lipinski definition) is 2. The highest BCUT2D eigenvalue weighted by Gasteiger charge is 2.58. The molecule has 0 spiro atoms. The van der Waals surface area contributed by atoms with Gasteiger partial charge in [0.1, 0.15) is 0 Å². The van der Waals surface area contributed by atoms with E-state index in [1.807, 2.05) is 0 Å². The molecule has 0 aliphatic heterocycles. The maximum atomic E-state index is 4.55. The van der Waals surface area contributed by atoms with Crippen LogP contribution in [0.5, 0.6) is 0 Å². The Morgan fingerprint density at radius 3 is 2.75 bits per heavy atom. The summed E-state index contributed by atoms with van der Waals surface area (Å²) in [5.41, 5.74) is 3.38. The first-order chi connectivity index (χ1) is 9.37. The summed E-state index contributed by atoms with van der Waals surface area (Å²) in [5.74, 6) is 0.905. The van der Waals surface area contributed by atoms with Crippen molar-refractivity contribution < 1.29 is 0 Å². The van der Waals surface area contributed by atoms with Gasteiger partial charge in [-0.2, -0.15) is 5.10 Å². The number of aromatic nitrogens is 2. The largest absolute Gasteiger partial charge is 0.307 e. The third kappa shape index (κ3) is 2.02. The Bertz CT molecular complexity index is 498. The number of nitrogens with one attached hydrogen (secondary N) is 1. The van der Waals surface area contributed by atoms with E-state index in [0.717, 1.165) is 24.7 Å². The molecule has 3 atom stereocenters. The lowest BCUT2D eigenvalue weighted by Gasteiger charge is -2.43. The number of nitrogens with zero attached hydrogens (tertiary/aromatic N) is 2. The molecule has 3 unspecified atom stereocenters. The number of fused-ring (bicyclic) bond motifs is 2. The van der Waals surface area contributed by atoms with Gasteiger partial charge in [-0.1, -0.05) is 20.8 Å². The molecule has 112 valence electrons. The molecule has 2 aliphatic rings. The van der Waals surface area contributed by atoms with Gasteiger partial charge < -0.3 is 5.32 Å². The number of hydrogen-bond donors (Lipinski definition) is 1. The van der Waals surface area contributed by atoms with Crippen molar-refractivity contribution in [3.05, 3.63) is 17.5 Å². The quantitative estimate of drug-likeness (QED) is 0.911. The van der Waals surface area contributed by atoms with Gasteiger partial charge in [-0.25, -0.2) is 0 Å². The highest BCUT2D eigenvalue weighted by molar-refractivity contribution is 5.14. The van der Waals surface area contributed by atoms with E-state index in [0.29, 0.717) is 16.9 Å². The van der Waals surface area contributed by atoms with E-state index in [2.05, 4.69) is 55.8 Å². The second kappa shape index (κ2) is 4.59. The van der Waals surface area contributed by atoms with Crippen LogP contribution in [0.4, 0.5) is 0 Å². The minimum Gasteiger partial charge on any atom is -0.307 e.